The first-order chi connectivity index (χ1) is 19.4. The van der Waals surface area contributed by atoms with Crippen LogP contribution in [0.4, 0.5) is 11.4 Å². The molecule has 2 aliphatic rings. The first kappa shape index (κ1) is 25.7. The summed E-state index contributed by atoms with van der Waals surface area (Å²) in [5, 5.41) is 6.95. The van der Waals surface area contributed by atoms with E-state index < -0.39 is 0 Å². The third-order valence-electron chi connectivity index (χ3n) is 7.27. The van der Waals surface area contributed by atoms with Gasteiger partial charge >= 0.3 is 0 Å². The zero-order valence-corrected chi connectivity index (χ0v) is 23.4. The summed E-state index contributed by atoms with van der Waals surface area (Å²) in [6.45, 7) is 5.89. The number of hydrogen-bond donors (Lipinski definition) is 2. The lowest BCUT2D eigenvalue weighted by molar-refractivity contribution is -0.114. The molecule has 0 unspecified atom stereocenters. The number of carbonyl (C=O) groups is 1. The third-order valence-corrected chi connectivity index (χ3v) is 7.59. The molecule has 10 heteroatoms. The van der Waals surface area contributed by atoms with Gasteiger partial charge in [-0.3, -0.25) is 9.78 Å². The Labute approximate surface area is 237 Å². The average Bonchev–Trinajstić information content (AvgIpc) is 3.63. The molecule has 9 nitrogen and oxygen atoms in total. The van der Waals surface area contributed by atoms with E-state index in [9.17, 15) is 4.79 Å². The maximum absolute atomic E-state index is 11.9. The van der Waals surface area contributed by atoms with E-state index in [4.69, 9.17) is 26.4 Å². The van der Waals surface area contributed by atoms with E-state index in [1.807, 2.05) is 54.6 Å². The SMILES string of the molecule is COc1ccc(N2C(=S)N[C@@H](c3ccccn3)[C@@H]2c2cc(C)n(-c3ccc4c(c3)OCO4)c2C)cc1NC(C)=O. The summed E-state index contributed by atoms with van der Waals surface area (Å²) in [7, 11) is 1.58. The number of fused-ring (bicyclic) bond motifs is 1. The number of ether oxygens (including phenoxy) is 3. The van der Waals surface area contributed by atoms with Crippen LogP contribution in [0.25, 0.3) is 5.69 Å². The second-order valence-corrected chi connectivity index (χ2v) is 10.1. The van der Waals surface area contributed by atoms with Crippen LogP contribution in [0.3, 0.4) is 0 Å². The summed E-state index contributed by atoms with van der Waals surface area (Å²) >= 11 is 5.93. The van der Waals surface area contributed by atoms with Crippen molar-refractivity contribution in [1.82, 2.24) is 14.9 Å². The van der Waals surface area contributed by atoms with Gasteiger partial charge in [0.05, 0.1) is 30.6 Å². The molecule has 0 bridgehead atoms. The molecule has 0 saturated carbocycles. The normalized spacial score (nSPS) is 17.6. The van der Waals surface area contributed by atoms with Gasteiger partial charge in [-0.1, -0.05) is 6.07 Å². The molecule has 2 aromatic carbocycles. The number of hydrogen-bond acceptors (Lipinski definition) is 6. The van der Waals surface area contributed by atoms with Crippen LogP contribution in [-0.4, -0.2) is 34.5 Å². The molecule has 2 aliphatic heterocycles. The topological polar surface area (TPSA) is 89.9 Å². The van der Waals surface area contributed by atoms with Gasteiger partial charge in [-0.05, 0) is 80.2 Å². The molecule has 4 heterocycles. The second kappa shape index (κ2) is 10.2. The van der Waals surface area contributed by atoms with E-state index in [1.54, 1.807) is 13.3 Å². The zero-order chi connectivity index (χ0) is 28.0. The second-order valence-electron chi connectivity index (χ2n) is 9.76. The van der Waals surface area contributed by atoms with Crippen LogP contribution < -0.4 is 29.7 Å². The molecule has 0 aliphatic carbocycles. The molecule has 6 rings (SSSR count). The van der Waals surface area contributed by atoms with Crippen molar-refractivity contribution in [2.24, 2.45) is 0 Å². The molecule has 1 saturated heterocycles. The van der Waals surface area contributed by atoms with Crippen molar-refractivity contribution in [3.05, 3.63) is 89.5 Å². The van der Waals surface area contributed by atoms with E-state index in [-0.39, 0.29) is 24.8 Å². The lowest BCUT2D eigenvalue weighted by atomic mass is 9.96. The molecule has 1 fully saturated rings. The van der Waals surface area contributed by atoms with Gasteiger partial charge in [0.25, 0.3) is 0 Å². The Kier molecular flexibility index (Phi) is 6.55. The summed E-state index contributed by atoms with van der Waals surface area (Å²) in [4.78, 5) is 18.7. The Hall–Kier alpha value is -4.57. The molecule has 2 N–H and O–H groups in total. The first-order valence-electron chi connectivity index (χ1n) is 12.9. The van der Waals surface area contributed by atoms with Gasteiger partial charge in [-0.2, -0.15) is 0 Å². The predicted octanol–water partition coefficient (Wildman–Crippen LogP) is 5.36. The molecule has 1 amide bonds. The maximum atomic E-state index is 11.9. The van der Waals surface area contributed by atoms with Crippen LogP contribution in [0.5, 0.6) is 17.2 Å². The van der Waals surface area contributed by atoms with Crippen LogP contribution in [-0.2, 0) is 4.79 Å². The summed E-state index contributed by atoms with van der Waals surface area (Å²) in [6.07, 6.45) is 1.79. The standard InChI is InChI=1S/C30H29N5O4S/c1-17-13-22(18(2)34(17)21-9-11-26-27(15-21)39-16-38-26)29-28(23-7-5-6-12-31-23)33-30(40)35(29)20-8-10-25(37-4)24(14-20)32-19(3)36/h5-15,28-29H,16H2,1-4H3,(H,32,36)(H,33,40)/t28-,29-/m0/s1. The van der Waals surface area contributed by atoms with Crippen LogP contribution >= 0.6 is 12.2 Å². The fourth-order valence-electron chi connectivity index (χ4n) is 5.59. The quantitative estimate of drug-likeness (QED) is 0.307. The molecule has 0 radical (unpaired) electrons. The van der Waals surface area contributed by atoms with Gasteiger partial charge in [0.1, 0.15) is 5.75 Å². The minimum Gasteiger partial charge on any atom is -0.495 e. The van der Waals surface area contributed by atoms with E-state index in [0.29, 0.717) is 16.5 Å². The van der Waals surface area contributed by atoms with E-state index in [2.05, 4.69) is 45.0 Å². The molecule has 2 aromatic heterocycles. The van der Waals surface area contributed by atoms with Gasteiger partial charge in [-0.25, -0.2) is 0 Å². The largest absolute Gasteiger partial charge is 0.495 e. The molecule has 204 valence electrons. The number of pyridine rings is 1. The number of benzene rings is 2. The molecule has 2 atom stereocenters. The molecule has 4 aromatic rings. The number of aromatic nitrogens is 2. The highest BCUT2D eigenvalue weighted by Crippen LogP contribution is 2.45. The number of methoxy groups -OCH3 is 1. The van der Waals surface area contributed by atoms with Gasteiger partial charge in [0.2, 0.25) is 12.7 Å². The Morgan fingerprint density at radius 2 is 1.88 bits per heavy atom. The monoisotopic (exact) mass is 555 g/mol. The average molecular weight is 556 g/mol. The van der Waals surface area contributed by atoms with Crippen LogP contribution in [0, 0.1) is 13.8 Å². The minimum atomic E-state index is -0.227. The molecule has 0 spiro atoms. The number of rotatable bonds is 6. The Bertz CT molecular complexity index is 1620. The van der Waals surface area contributed by atoms with E-state index >= 15 is 0 Å². The summed E-state index contributed by atoms with van der Waals surface area (Å²) in [6, 6.07) is 19.3. The number of carbonyl (C=O) groups excluding carboxylic acids is 1. The van der Waals surface area contributed by atoms with Crippen LogP contribution in [0.2, 0.25) is 0 Å². The van der Waals surface area contributed by atoms with Crippen LogP contribution in [0.15, 0.2) is 66.9 Å². The van der Waals surface area contributed by atoms with Gasteiger partial charge < -0.3 is 34.3 Å². The van der Waals surface area contributed by atoms with Crippen molar-refractivity contribution >= 4 is 34.6 Å². The highest BCUT2D eigenvalue weighted by atomic mass is 32.1. The molecule has 40 heavy (non-hydrogen) atoms. The van der Waals surface area contributed by atoms with Gasteiger partial charge in [0.15, 0.2) is 16.6 Å². The van der Waals surface area contributed by atoms with Crippen molar-refractivity contribution in [3.63, 3.8) is 0 Å². The fourth-order valence-corrected chi connectivity index (χ4v) is 5.94. The minimum absolute atomic E-state index is 0.187. The number of nitrogens with zero attached hydrogens (tertiary/aromatic N) is 3. The predicted molar refractivity (Wildman–Crippen MR) is 157 cm³/mol. The van der Waals surface area contributed by atoms with Crippen molar-refractivity contribution in [1.29, 1.82) is 0 Å². The smallest absolute Gasteiger partial charge is 0.231 e. The highest BCUT2D eigenvalue weighted by molar-refractivity contribution is 7.80. The fraction of sp³-hybridized carbons (Fsp3) is 0.233. The Balaban J connectivity index is 1.49. The number of anilines is 2. The van der Waals surface area contributed by atoms with Crippen molar-refractivity contribution in [2.45, 2.75) is 32.9 Å². The van der Waals surface area contributed by atoms with E-state index in [0.717, 1.165) is 45.5 Å². The number of amides is 1. The lowest BCUT2D eigenvalue weighted by Gasteiger charge is -2.29. The van der Waals surface area contributed by atoms with Crippen molar-refractivity contribution in [3.8, 4) is 22.9 Å². The summed E-state index contributed by atoms with van der Waals surface area (Å²) < 4.78 is 18.9. The summed E-state index contributed by atoms with van der Waals surface area (Å²) in [5.74, 6) is 1.85. The van der Waals surface area contributed by atoms with Gasteiger partial charge in [-0.15, -0.1) is 0 Å². The van der Waals surface area contributed by atoms with Crippen molar-refractivity contribution in [2.75, 3.05) is 24.1 Å². The first-order valence-corrected chi connectivity index (χ1v) is 13.3. The van der Waals surface area contributed by atoms with Crippen molar-refractivity contribution < 1.29 is 19.0 Å². The van der Waals surface area contributed by atoms with Gasteiger partial charge in [0, 0.05) is 41.9 Å². The third kappa shape index (κ3) is 4.40. The van der Waals surface area contributed by atoms with E-state index in [1.165, 1.54) is 6.92 Å². The van der Waals surface area contributed by atoms with Crippen LogP contribution in [0.1, 0.15) is 41.7 Å². The number of nitrogens with one attached hydrogen (secondary N) is 2. The number of aryl methyl sites for hydroxylation is 1. The molecular weight excluding hydrogens is 526 g/mol. The number of thiocarbonyl (C=S) groups is 1. The summed E-state index contributed by atoms with van der Waals surface area (Å²) in [5.41, 5.74) is 6.47. The zero-order valence-electron chi connectivity index (χ0n) is 22.6. The highest BCUT2D eigenvalue weighted by Gasteiger charge is 2.42. The Morgan fingerprint density at radius 1 is 1.07 bits per heavy atom. The lowest BCUT2D eigenvalue weighted by Crippen LogP contribution is -2.29. The maximum Gasteiger partial charge on any atom is 0.231 e. The Morgan fingerprint density at radius 3 is 2.62 bits per heavy atom. The molecular formula is C30H29N5O4S.